The minimum atomic E-state index is 0.388. The van der Waals surface area contributed by atoms with E-state index in [1.807, 2.05) is 22.6 Å². The van der Waals surface area contributed by atoms with Crippen molar-refractivity contribution in [1.82, 2.24) is 4.98 Å². The van der Waals surface area contributed by atoms with E-state index in [0.29, 0.717) is 15.2 Å². The summed E-state index contributed by atoms with van der Waals surface area (Å²) in [5.74, 6) is 0.388. The molecule has 0 radical (unpaired) electrons. The van der Waals surface area contributed by atoms with E-state index in [-0.39, 0.29) is 0 Å². The summed E-state index contributed by atoms with van der Waals surface area (Å²) in [6, 6.07) is 3.28. The molecular formula is C6H4IN3. The SMILES string of the molecule is [C-]#[N+]c1ccc(N)c(I)n1. The third-order valence-electron chi connectivity index (χ3n) is 0.977. The molecular weight excluding hydrogens is 241 g/mol. The number of nitrogen functional groups attached to an aromatic ring is 1. The Balaban J connectivity index is 3.20. The summed E-state index contributed by atoms with van der Waals surface area (Å²) in [5.41, 5.74) is 6.09. The Morgan fingerprint density at radius 1 is 1.60 bits per heavy atom. The highest BCUT2D eigenvalue weighted by atomic mass is 127. The van der Waals surface area contributed by atoms with E-state index < -0.39 is 0 Å². The van der Waals surface area contributed by atoms with Crippen molar-refractivity contribution in [3.63, 3.8) is 0 Å². The first-order valence-electron chi connectivity index (χ1n) is 2.53. The molecule has 0 atom stereocenters. The molecule has 3 nitrogen and oxygen atoms in total. The maximum absolute atomic E-state index is 6.63. The van der Waals surface area contributed by atoms with Gasteiger partial charge in [-0.1, -0.05) is 6.57 Å². The van der Waals surface area contributed by atoms with Crippen LogP contribution in [0.1, 0.15) is 0 Å². The quantitative estimate of drug-likeness (QED) is 0.430. The first-order valence-corrected chi connectivity index (χ1v) is 3.61. The van der Waals surface area contributed by atoms with E-state index in [9.17, 15) is 0 Å². The van der Waals surface area contributed by atoms with Crippen LogP contribution in [0.4, 0.5) is 11.5 Å². The van der Waals surface area contributed by atoms with Gasteiger partial charge in [-0.2, -0.15) is 0 Å². The van der Waals surface area contributed by atoms with E-state index in [4.69, 9.17) is 12.3 Å². The number of hydrogen-bond acceptors (Lipinski definition) is 2. The normalized spacial score (nSPS) is 8.80. The lowest BCUT2D eigenvalue weighted by atomic mass is 10.4. The molecule has 50 valence electrons. The van der Waals surface area contributed by atoms with Crippen LogP contribution in [0.15, 0.2) is 12.1 Å². The van der Waals surface area contributed by atoms with E-state index in [0.717, 1.165) is 0 Å². The Kier molecular flexibility index (Phi) is 2.06. The average molecular weight is 245 g/mol. The van der Waals surface area contributed by atoms with Crippen LogP contribution in [0.25, 0.3) is 4.85 Å². The fourth-order valence-corrected chi connectivity index (χ4v) is 0.925. The first kappa shape index (κ1) is 7.28. The number of nitrogens with two attached hydrogens (primary N) is 1. The van der Waals surface area contributed by atoms with Gasteiger partial charge < -0.3 is 10.6 Å². The lowest BCUT2D eigenvalue weighted by Crippen LogP contribution is -1.90. The van der Waals surface area contributed by atoms with Gasteiger partial charge in [0, 0.05) is 22.6 Å². The summed E-state index contributed by atoms with van der Waals surface area (Å²) in [6.45, 7) is 6.63. The van der Waals surface area contributed by atoms with Crippen LogP contribution in [0.3, 0.4) is 0 Å². The number of anilines is 1. The maximum Gasteiger partial charge on any atom is 0.270 e. The Bertz CT molecular complexity index is 290. The molecule has 1 aromatic heterocycles. The Morgan fingerprint density at radius 2 is 2.30 bits per heavy atom. The number of halogens is 1. The fourth-order valence-electron chi connectivity index (χ4n) is 0.498. The van der Waals surface area contributed by atoms with Crippen molar-refractivity contribution in [3.05, 3.63) is 27.3 Å². The predicted octanol–water partition coefficient (Wildman–Crippen LogP) is 1.82. The van der Waals surface area contributed by atoms with Gasteiger partial charge in [-0.05, 0) is 12.1 Å². The number of rotatable bonds is 0. The van der Waals surface area contributed by atoms with Gasteiger partial charge in [0.15, 0.2) is 0 Å². The molecule has 2 N–H and O–H groups in total. The van der Waals surface area contributed by atoms with Crippen molar-refractivity contribution in [1.29, 1.82) is 0 Å². The summed E-state index contributed by atoms with van der Waals surface area (Å²) in [4.78, 5) is 7.05. The second kappa shape index (κ2) is 2.84. The molecule has 0 amide bonds. The van der Waals surface area contributed by atoms with Crippen molar-refractivity contribution >= 4 is 34.1 Å². The number of nitrogens with zero attached hydrogens (tertiary/aromatic N) is 2. The summed E-state index contributed by atoms with van der Waals surface area (Å²) in [5, 5.41) is 0. The van der Waals surface area contributed by atoms with E-state index in [1.54, 1.807) is 12.1 Å². The third-order valence-corrected chi connectivity index (χ3v) is 1.84. The summed E-state index contributed by atoms with van der Waals surface area (Å²) < 4.78 is 0.686. The Morgan fingerprint density at radius 3 is 2.80 bits per heavy atom. The van der Waals surface area contributed by atoms with Crippen molar-refractivity contribution in [2.75, 3.05) is 5.73 Å². The van der Waals surface area contributed by atoms with Gasteiger partial charge in [0.25, 0.3) is 5.82 Å². The van der Waals surface area contributed by atoms with Gasteiger partial charge in [0.05, 0.1) is 5.69 Å². The molecule has 0 aliphatic rings. The summed E-state index contributed by atoms with van der Waals surface area (Å²) in [6.07, 6.45) is 0. The molecule has 4 heteroatoms. The van der Waals surface area contributed by atoms with Crippen molar-refractivity contribution in [2.24, 2.45) is 0 Å². The highest BCUT2D eigenvalue weighted by Gasteiger charge is 2.00. The van der Waals surface area contributed by atoms with Crippen LogP contribution < -0.4 is 5.73 Å². The smallest absolute Gasteiger partial charge is 0.270 e. The molecule has 0 saturated carbocycles. The molecule has 0 aromatic carbocycles. The molecule has 10 heavy (non-hydrogen) atoms. The van der Waals surface area contributed by atoms with Crippen LogP contribution in [0, 0.1) is 10.3 Å². The molecule has 0 saturated heterocycles. The van der Waals surface area contributed by atoms with Crippen LogP contribution in [0.2, 0.25) is 0 Å². The number of pyridine rings is 1. The molecule has 1 aromatic rings. The lowest BCUT2D eigenvalue weighted by molar-refractivity contribution is 1.30. The van der Waals surface area contributed by atoms with Gasteiger partial charge in [0.2, 0.25) is 3.70 Å². The highest BCUT2D eigenvalue weighted by Crippen LogP contribution is 2.16. The minimum Gasteiger partial charge on any atom is -0.395 e. The molecule has 1 heterocycles. The van der Waals surface area contributed by atoms with Crippen LogP contribution in [-0.4, -0.2) is 4.98 Å². The second-order valence-corrected chi connectivity index (χ2v) is 2.68. The van der Waals surface area contributed by atoms with Crippen molar-refractivity contribution in [3.8, 4) is 0 Å². The summed E-state index contributed by atoms with van der Waals surface area (Å²) >= 11 is 1.99. The molecule has 0 unspecified atom stereocenters. The van der Waals surface area contributed by atoms with Crippen LogP contribution in [0.5, 0.6) is 0 Å². The highest BCUT2D eigenvalue weighted by molar-refractivity contribution is 14.1. The number of hydrogen-bond donors (Lipinski definition) is 1. The zero-order valence-corrected chi connectivity index (χ0v) is 7.16. The van der Waals surface area contributed by atoms with Gasteiger partial charge in [-0.15, -0.1) is 4.98 Å². The van der Waals surface area contributed by atoms with E-state index in [1.165, 1.54) is 0 Å². The Hall–Kier alpha value is -0.830. The van der Waals surface area contributed by atoms with Crippen molar-refractivity contribution in [2.45, 2.75) is 0 Å². The van der Waals surface area contributed by atoms with E-state index in [2.05, 4.69) is 9.83 Å². The van der Waals surface area contributed by atoms with E-state index >= 15 is 0 Å². The van der Waals surface area contributed by atoms with Crippen molar-refractivity contribution < 1.29 is 0 Å². The van der Waals surface area contributed by atoms with Gasteiger partial charge in [-0.3, -0.25) is 0 Å². The Labute approximate surface area is 72.2 Å². The topological polar surface area (TPSA) is 43.3 Å². The predicted molar refractivity (Wildman–Crippen MR) is 47.6 cm³/mol. The van der Waals surface area contributed by atoms with Crippen LogP contribution in [-0.2, 0) is 0 Å². The average Bonchev–Trinajstić information content (AvgIpc) is 1.95. The number of aromatic nitrogens is 1. The van der Waals surface area contributed by atoms with Gasteiger partial charge in [0.1, 0.15) is 0 Å². The lowest BCUT2D eigenvalue weighted by Gasteiger charge is -1.91. The molecule has 0 aliphatic heterocycles. The second-order valence-electron chi connectivity index (χ2n) is 1.66. The van der Waals surface area contributed by atoms with Gasteiger partial charge >= 0.3 is 0 Å². The first-order chi connectivity index (χ1) is 4.74. The third kappa shape index (κ3) is 1.36. The molecule has 0 spiro atoms. The summed E-state index contributed by atoms with van der Waals surface area (Å²) in [7, 11) is 0. The maximum atomic E-state index is 6.63. The largest absolute Gasteiger partial charge is 0.395 e. The zero-order valence-electron chi connectivity index (χ0n) is 5.00. The molecule has 0 bridgehead atoms. The van der Waals surface area contributed by atoms with Gasteiger partial charge in [-0.25, -0.2) is 0 Å². The molecule has 0 aliphatic carbocycles. The molecule has 1 rings (SSSR count). The monoisotopic (exact) mass is 245 g/mol. The minimum absolute atomic E-state index is 0.388. The van der Waals surface area contributed by atoms with Crippen LogP contribution >= 0.6 is 22.6 Å². The standard InChI is InChI=1S/C6H4IN3/c1-9-5-3-2-4(8)6(7)10-5/h2-3H,8H2. The zero-order chi connectivity index (χ0) is 7.56. The molecule has 0 fully saturated rings. The fraction of sp³-hybridized carbons (Fsp3) is 0.